The molecule has 99 heavy (non-hydrogen) atoms. The van der Waals surface area contributed by atoms with Crippen LogP contribution >= 0.6 is 15.9 Å². The molecule has 1 N–H and O–H groups in total. The van der Waals surface area contributed by atoms with Crippen LogP contribution in [0.25, 0.3) is 131 Å². The first-order valence-corrected chi connectivity index (χ1v) is 34.5. The Bertz CT molecular complexity index is 5420. The summed E-state index contributed by atoms with van der Waals surface area (Å²) >= 11 is 3.47. The van der Waals surface area contributed by atoms with Crippen LogP contribution < -0.4 is 10.2 Å². The Morgan fingerprint density at radius 2 is 0.354 bits per heavy atom. The van der Waals surface area contributed by atoms with Gasteiger partial charge in [-0.15, -0.1) is 0 Å². The predicted octanol–water partition coefficient (Wildman–Crippen LogP) is 28.0. The quantitative estimate of drug-likeness (QED) is 0.139. The number of nitrogens with one attached hydrogen (secondary N) is 1. The van der Waals surface area contributed by atoms with Crippen LogP contribution in [0.3, 0.4) is 0 Å². The molecular weight excluding hydrogens is 1260 g/mol. The number of nitrogens with zero attached hydrogens (tertiary/aromatic N) is 1. The van der Waals surface area contributed by atoms with Crippen molar-refractivity contribution in [3.8, 4) is 66.8 Å². The molecule has 2 nitrogen and oxygen atoms in total. The van der Waals surface area contributed by atoms with E-state index in [2.05, 4.69) is 427 Å². The number of anilines is 5. The normalized spacial score (nSPS) is 11.1. The van der Waals surface area contributed by atoms with E-state index in [1.165, 1.54) is 131 Å². The van der Waals surface area contributed by atoms with Crippen molar-refractivity contribution in [3.05, 3.63) is 405 Å². The van der Waals surface area contributed by atoms with E-state index < -0.39 is 0 Å². The Balaban J connectivity index is 0.000000131. The molecule has 0 atom stereocenters. The molecule has 0 aliphatic heterocycles. The number of halogens is 1. The Kier molecular flexibility index (Phi) is 17.5. The molecule has 18 aromatic carbocycles. The second-order valence-electron chi connectivity index (χ2n) is 24.9. The highest BCUT2D eigenvalue weighted by Gasteiger charge is 2.16. The molecule has 0 spiro atoms. The van der Waals surface area contributed by atoms with E-state index in [0.717, 1.165) is 32.9 Å². The molecule has 18 aromatic rings. The summed E-state index contributed by atoms with van der Waals surface area (Å²) < 4.78 is 1.11. The fourth-order valence-electron chi connectivity index (χ4n) is 13.9. The summed E-state index contributed by atoms with van der Waals surface area (Å²) in [6, 6.07) is 143. The average Bonchev–Trinajstić information content (AvgIpc) is 0.805. The molecule has 0 bridgehead atoms. The van der Waals surface area contributed by atoms with Gasteiger partial charge in [0.05, 0.1) is 0 Å². The summed E-state index contributed by atoms with van der Waals surface area (Å²) in [6.07, 6.45) is 0. The summed E-state index contributed by atoms with van der Waals surface area (Å²) in [5.74, 6) is 0. The highest BCUT2D eigenvalue weighted by Crippen LogP contribution is 2.41. The largest absolute Gasteiger partial charge is 0.356 e. The van der Waals surface area contributed by atoms with Crippen molar-refractivity contribution < 1.29 is 0 Å². The molecular formula is C96H67BrN2. The van der Waals surface area contributed by atoms with Crippen LogP contribution in [-0.2, 0) is 0 Å². The van der Waals surface area contributed by atoms with E-state index in [9.17, 15) is 0 Å². The Labute approximate surface area is 586 Å². The van der Waals surface area contributed by atoms with Gasteiger partial charge in [0, 0.05) is 32.9 Å². The number of rotatable bonds is 11. The molecule has 0 radical (unpaired) electrons. The molecule has 3 heteroatoms. The van der Waals surface area contributed by atoms with Gasteiger partial charge in [-0.05, 0) is 204 Å². The van der Waals surface area contributed by atoms with Crippen LogP contribution in [-0.4, -0.2) is 0 Å². The van der Waals surface area contributed by atoms with Gasteiger partial charge in [0.1, 0.15) is 0 Å². The number of hydrogen-bond donors (Lipinski definition) is 1. The summed E-state index contributed by atoms with van der Waals surface area (Å²) in [5, 5.41) is 18.8. The smallest absolute Gasteiger partial charge is 0.0462 e. The zero-order valence-electron chi connectivity index (χ0n) is 54.4. The van der Waals surface area contributed by atoms with E-state index in [1.807, 2.05) is 0 Å². The van der Waals surface area contributed by atoms with Crippen LogP contribution in [0.15, 0.2) is 405 Å². The van der Waals surface area contributed by atoms with Crippen molar-refractivity contribution in [3.63, 3.8) is 0 Å². The van der Waals surface area contributed by atoms with Gasteiger partial charge in [-0.1, -0.05) is 344 Å². The van der Waals surface area contributed by atoms with Gasteiger partial charge >= 0.3 is 0 Å². The number of fused-ring (bicyclic) bond motifs is 6. The monoisotopic (exact) mass is 1330 g/mol. The molecule has 0 fully saturated rings. The van der Waals surface area contributed by atoms with Crippen molar-refractivity contribution in [1.29, 1.82) is 0 Å². The molecule has 468 valence electrons. The maximum Gasteiger partial charge on any atom is 0.0462 e. The van der Waals surface area contributed by atoms with Gasteiger partial charge in [-0.3, -0.25) is 0 Å². The lowest BCUT2D eigenvalue weighted by Crippen LogP contribution is -2.09. The van der Waals surface area contributed by atoms with Crippen LogP contribution in [0, 0.1) is 0 Å². The van der Waals surface area contributed by atoms with Gasteiger partial charge < -0.3 is 10.2 Å². The molecule has 0 heterocycles. The third-order valence-electron chi connectivity index (χ3n) is 18.9. The lowest BCUT2D eigenvalue weighted by molar-refractivity contribution is 1.28. The van der Waals surface area contributed by atoms with Gasteiger partial charge in [-0.25, -0.2) is 0 Å². The first-order chi connectivity index (χ1) is 49.0. The van der Waals surface area contributed by atoms with Crippen molar-refractivity contribution in [2.75, 3.05) is 10.2 Å². The molecule has 0 saturated heterocycles. The third-order valence-corrected chi connectivity index (χ3v) is 19.4. The molecule has 0 aliphatic rings. The van der Waals surface area contributed by atoms with E-state index >= 15 is 0 Å². The number of hydrogen-bond acceptors (Lipinski definition) is 2. The molecule has 0 saturated carbocycles. The summed E-state index contributed by atoms with van der Waals surface area (Å²) in [4.78, 5) is 2.35. The van der Waals surface area contributed by atoms with Crippen LogP contribution in [0.1, 0.15) is 0 Å². The minimum atomic E-state index is 1.08. The fourth-order valence-corrected chi connectivity index (χ4v) is 14.2. The topological polar surface area (TPSA) is 15.3 Å². The molecule has 0 amide bonds. The maximum absolute atomic E-state index is 3.54. The lowest BCUT2D eigenvalue weighted by Gasteiger charge is -2.26. The Morgan fingerprint density at radius 1 is 0.172 bits per heavy atom. The van der Waals surface area contributed by atoms with Gasteiger partial charge in [-0.2, -0.15) is 0 Å². The van der Waals surface area contributed by atoms with Gasteiger partial charge in [0.15, 0.2) is 0 Å². The van der Waals surface area contributed by atoms with Crippen molar-refractivity contribution >= 4 is 109 Å². The minimum Gasteiger partial charge on any atom is -0.356 e. The molecule has 0 aliphatic carbocycles. The second kappa shape index (κ2) is 28.1. The molecule has 18 rings (SSSR count). The second-order valence-corrected chi connectivity index (χ2v) is 25.8. The van der Waals surface area contributed by atoms with E-state index in [-0.39, 0.29) is 0 Å². The summed E-state index contributed by atoms with van der Waals surface area (Å²) in [7, 11) is 0. The molecule has 0 aromatic heterocycles. The summed E-state index contributed by atoms with van der Waals surface area (Å²) in [5.41, 5.74) is 20.4. The Hall–Kier alpha value is -12.4. The highest BCUT2D eigenvalue weighted by atomic mass is 79.9. The maximum atomic E-state index is 3.54. The van der Waals surface area contributed by atoms with Crippen molar-refractivity contribution in [2.24, 2.45) is 0 Å². The summed E-state index contributed by atoms with van der Waals surface area (Å²) in [6.45, 7) is 0. The van der Waals surface area contributed by atoms with Gasteiger partial charge in [0.2, 0.25) is 0 Å². The minimum absolute atomic E-state index is 1.08. The third kappa shape index (κ3) is 13.1. The van der Waals surface area contributed by atoms with Crippen molar-refractivity contribution in [2.45, 2.75) is 0 Å². The van der Waals surface area contributed by atoms with Crippen LogP contribution in [0.2, 0.25) is 0 Å². The average molecular weight is 1330 g/mol. The first-order valence-electron chi connectivity index (χ1n) is 33.7. The SMILES string of the molecule is Brc1ccc(-c2cccc3ccccc23)cc1.c1ccc2c(-c3ccc(N(c4ccc(-c5cccc6ccccc56)cc4)c4ccc(-c5cccc6ccccc56)cc4)cc3)cccc2c1.c1ccc2c(-c3ccc(Nc4ccc(-c5cccc6ccccc56)cc4)cc3)cccc2c1. The number of benzene rings is 18. The Morgan fingerprint density at radius 3 is 0.576 bits per heavy atom. The standard InChI is InChI=1S/C48H33N.C32H23N.C16H11Br/c1-4-16-43-34(10-1)13-7-19-46(43)37-22-28-40(29-23-37)49(41-30-24-38(25-31-41)47-20-8-14-35-11-2-5-17-44(35)47)42-32-26-39(27-33-42)48-21-9-15-36-12-3-6-18-45(36)48;1-3-11-29-23(7-1)9-5-13-31(29)25-15-19-27(20-16-25)33-28-21-17-26(18-22-28)32-14-6-10-24-8-2-4-12-30(24)32;17-14-10-8-13(9-11-14)16-7-3-5-12-4-1-2-6-15(12)16/h1-33H;1-22,33H;1-11H. The lowest BCUT2D eigenvalue weighted by atomic mass is 9.97. The van der Waals surface area contributed by atoms with E-state index in [1.54, 1.807) is 0 Å². The van der Waals surface area contributed by atoms with Crippen LogP contribution in [0.4, 0.5) is 28.4 Å². The van der Waals surface area contributed by atoms with E-state index in [4.69, 9.17) is 0 Å². The fraction of sp³-hybridized carbons (Fsp3) is 0. The molecule has 0 unspecified atom stereocenters. The zero-order valence-corrected chi connectivity index (χ0v) is 56.0. The highest BCUT2D eigenvalue weighted by molar-refractivity contribution is 9.10. The predicted molar refractivity (Wildman–Crippen MR) is 429 cm³/mol. The van der Waals surface area contributed by atoms with E-state index in [0.29, 0.717) is 0 Å². The zero-order chi connectivity index (χ0) is 66.3. The van der Waals surface area contributed by atoms with Crippen molar-refractivity contribution in [1.82, 2.24) is 0 Å². The van der Waals surface area contributed by atoms with Crippen LogP contribution in [0.5, 0.6) is 0 Å². The van der Waals surface area contributed by atoms with Gasteiger partial charge in [0.25, 0.3) is 0 Å². The first kappa shape index (κ1) is 61.5.